The van der Waals surface area contributed by atoms with E-state index in [4.69, 9.17) is 11.6 Å². The van der Waals surface area contributed by atoms with E-state index in [1.54, 1.807) is 12.4 Å². The van der Waals surface area contributed by atoms with Crippen molar-refractivity contribution in [2.24, 2.45) is 23.7 Å². The van der Waals surface area contributed by atoms with Gasteiger partial charge in [-0.25, -0.2) is 0 Å². The zero-order chi connectivity index (χ0) is 30.0. The van der Waals surface area contributed by atoms with Crippen molar-refractivity contribution in [1.82, 2.24) is 0 Å². The second-order valence-electron chi connectivity index (χ2n) is 10.8. The average molecular weight is 1160 g/mol. The molecule has 1 saturated carbocycles. The molecule has 2 heterocycles. The highest BCUT2D eigenvalue weighted by Crippen LogP contribution is 2.57. The van der Waals surface area contributed by atoms with Crippen molar-refractivity contribution in [3.8, 4) is 0 Å². The highest BCUT2D eigenvalue weighted by Gasteiger charge is 2.52. The van der Waals surface area contributed by atoms with Crippen molar-refractivity contribution < 1.29 is 25.0 Å². The Morgan fingerprint density at radius 2 is 1.34 bits per heavy atom. The Kier molecular flexibility index (Phi) is 15.9. The fourth-order valence-corrected chi connectivity index (χ4v) is 8.49. The molecule has 0 bridgehead atoms. The largest absolute Gasteiger partial charge is 0.377 e. The lowest BCUT2D eigenvalue weighted by atomic mass is 9.56. The maximum atomic E-state index is 10.5. The van der Waals surface area contributed by atoms with Crippen molar-refractivity contribution in [2.45, 2.75) is 72.3 Å². The number of hydrogen-bond acceptors (Lipinski definition) is 3. The van der Waals surface area contributed by atoms with Crippen LogP contribution >= 0.6 is 118 Å². The number of aryl methyl sites for hydroxylation is 2. The van der Waals surface area contributed by atoms with Gasteiger partial charge in [0.15, 0.2) is 6.10 Å². The first-order chi connectivity index (χ1) is 19.0. The van der Waals surface area contributed by atoms with E-state index in [0.29, 0.717) is 23.4 Å². The summed E-state index contributed by atoms with van der Waals surface area (Å²) in [6, 6.07) is 4.07. The Balaban J connectivity index is 0.000000251. The van der Waals surface area contributed by atoms with Crippen molar-refractivity contribution in [3.63, 3.8) is 0 Å². The fraction of sp³-hybridized carbons (Fsp3) is 0.517. The number of alkyl halides is 1. The minimum atomic E-state index is -0.723. The molecule has 12 heteroatoms. The first-order valence-electron chi connectivity index (χ1n) is 12.9. The highest BCUT2D eigenvalue weighted by molar-refractivity contribution is 15.0. The second-order valence-corrected chi connectivity index (χ2v) is 13.1. The molecule has 0 saturated heterocycles. The molecule has 6 unspecified atom stereocenters. The third kappa shape index (κ3) is 7.74. The summed E-state index contributed by atoms with van der Waals surface area (Å²) < 4.78 is 3.99. The predicted octanol–water partition coefficient (Wildman–Crippen LogP) is 10.5. The third-order valence-corrected chi connectivity index (χ3v) is 10.5. The quantitative estimate of drug-likeness (QED) is 0.107. The van der Waals surface area contributed by atoms with Crippen LogP contribution in [0.3, 0.4) is 0 Å². The van der Waals surface area contributed by atoms with E-state index >= 15 is 0 Å². The van der Waals surface area contributed by atoms with E-state index in [0.717, 1.165) is 61.3 Å². The monoisotopic (exact) mass is 1160 g/mol. The van der Waals surface area contributed by atoms with Gasteiger partial charge in [0.05, 0.1) is 8.95 Å². The summed E-state index contributed by atoms with van der Waals surface area (Å²) in [4.78, 5) is 0. The van der Waals surface area contributed by atoms with E-state index in [2.05, 4.69) is 133 Å². The summed E-state index contributed by atoms with van der Waals surface area (Å²) in [5.41, 5.74) is 8.37. The minimum Gasteiger partial charge on any atom is -0.377 e. The summed E-state index contributed by atoms with van der Waals surface area (Å²) in [7, 11) is 0. The van der Waals surface area contributed by atoms with Crippen molar-refractivity contribution >= 4 is 118 Å². The molecule has 0 aromatic carbocycles. The van der Waals surface area contributed by atoms with Crippen LogP contribution in [-0.4, -0.2) is 15.5 Å². The van der Waals surface area contributed by atoms with E-state index in [9.17, 15) is 15.5 Å². The Labute approximate surface area is 312 Å². The average Bonchev–Trinajstić information content (AvgIpc) is 3.15. The molecular formula is C29H37Br2ClI4N2O3+2. The molecule has 4 aliphatic carbocycles. The Morgan fingerprint density at radius 3 is 1.90 bits per heavy atom. The maximum Gasteiger partial charge on any atom is 0.270 e. The van der Waals surface area contributed by atoms with Crippen LogP contribution < -0.4 is 9.46 Å². The van der Waals surface area contributed by atoms with Gasteiger partial charge in [-0.2, -0.15) is 0 Å². The molecule has 228 valence electrons. The standard InChI is InChI=1S/C14H18BrClNO.C14H15BrNO2.CH4.2I2/c1-7-8(2)12-11(7)4-3-9-5-10(15)6-17(18)14(9)13(12)16;1-7-8(2)12-11(7)4-3-9-5-10(15)6-16(18)13(9)14(12)17;;2*1-2/h5-8,11-13,18H,3-4H2,1-2H3;5-6,14,17-18H,3-4H2,1-2H3;1H4;;/q2*+1;;;. The summed E-state index contributed by atoms with van der Waals surface area (Å²) in [5.74, 6) is 2.60. The maximum absolute atomic E-state index is 10.5. The SMILES string of the molecule is C.CC1=C2CCc3cc(Br)c[n+](O)c3C(O)C2=C1C.CC1C(C)C2C(Cl)c3c(cc(Br)c[n+]3O)CCC12.II.II. The molecule has 4 aliphatic rings. The van der Waals surface area contributed by atoms with Crippen molar-refractivity contribution in [2.75, 3.05) is 0 Å². The van der Waals surface area contributed by atoms with Crippen LogP contribution in [0.15, 0.2) is 55.8 Å². The van der Waals surface area contributed by atoms with Gasteiger partial charge in [-0.15, -0.1) is 11.6 Å². The molecule has 0 spiro atoms. The highest BCUT2D eigenvalue weighted by atomic mass is 128. The van der Waals surface area contributed by atoms with Gasteiger partial charge in [0, 0.05) is 95.1 Å². The van der Waals surface area contributed by atoms with Crippen molar-refractivity contribution in [3.05, 3.63) is 78.3 Å². The Bertz CT molecular complexity index is 1330. The lowest BCUT2D eigenvalue weighted by molar-refractivity contribution is -0.911. The third-order valence-electron chi connectivity index (χ3n) is 9.14. The van der Waals surface area contributed by atoms with Gasteiger partial charge in [0.2, 0.25) is 12.4 Å². The summed E-state index contributed by atoms with van der Waals surface area (Å²) >= 11 is 22.0. The summed E-state index contributed by atoms with van der Waals surface area (Å²) in [6.45, 7) is 8.74. The second kappa shape index (κ2) is 16.9. The van der Waals surface area contributed by atoms with Crippen molar-refractivity contribution in [1.29, 1.82) is 0 Å². The molecule has 2 aromatic rings. The van der Waals surface area contributed by atoms with Crippen LogP contribution in [0.2, 0.25) is 0 Å². The first kappa shape index (κ1) is 38.7. The number of halogens is 7. The number of aliphatic hydroxyl groups excluding tert-OH is 1. The normalized spacial score (nSPS) is 26.9. The summed E-state index contributed by atoms with van der Waals surface area (Å²) in [5, 5.41) is 30.5. The Morgan fingerprint density at radius 1 is 0.829 bits per heavy atom. The van der Waals surface area contributed by atoms with Crippen LogP contribution in [0.5, 0.6) is 0 Å². The van der Waals surface area contributed by atoms with E-state index in [-0.39, 0.29) is 12.8 Å². The van der Waals surface area contributed by atoms with E-state index < -0.39 is 6.10 Å². The van der Waals surface area contributed by atoms with Crippen LogP contribution in [0.25, 0.3) is 0 Å². The number of aromatic nitrogens is 2. The number of allylic oxidation sites excluding steroid dienone is 2. The number of aliphatic hydroxyl groups is 1. The number of hydrogen-bond donors (Lipinski definition) is 3. The van der Waals surface area contributed by atoms with Gasteiger partial charge < -0.3 is 5.11 Å². The van der Waals surface area contributed by atoms with E-state index in [1.165, 1.54) is 27.9 Å². The minimum absolute atomic E-state index is 0. The molecule has 6 rings (SSSR count). The molecule has 0 radical (unpaired) electrons. The lowest BCUT2D eigenvalue weighted by Gasteiger charge is -2.50. The molecule has 41 heavy (non-hydrogen) atoms. The number of fused-ring (bicyclic) bond motifs is 4. The van der Waals surface area contributed by atoms with Gasteiger partial charge in [0.25, 0.3) is 11.4 Å². The molecule has 2 aromatic heterocycles. The molecule has 3 N–H and O–H groups in total. The lowest BCUT2D eigenvalue weighted by Crippen LogP contribution is -2.47. The molecule has 0 aliphatic heterocycles. The Hall–Kier alpha value is 1.51. The molecule has 0 amide bonds. The zero-order valence-corrected chi connectivity index (χ0v) is 35.0. The van der Waals surface area contributed by atoms with Gasteiger partial charge in [-0.05, 0) is 129 Å². The zero-order valence-electron chi connectivity index (χ0n) is 22.5. The molecular weight excluding hydrogens is 1130 g/mol. The topological polar surface area (TPSA) is 68.5 Å². The molecule has 6 atom stereocenters. The van der Waals surface area contributed by atoms with Crippen LogP contribution in [-0.2, 0) is 12.8 Å². The first-order valence-corrected chi connectivity index (χ1v) is 27.5. The fourth-order valence-electron chi connectivity index (χ4n) is 6.89. The molecule has 5 nitrogen and oxygen atoms in total. The van der Waals surface area contributed by atoms with Gasteiger partial charge in [0.1, 0.15) is 5.38 Å². The predicted molar refractivity (Wildman–Crippen MR) is 207 cm³/mol. The van der Waals surface area contributed by atoms with E-state index in [1.807, 2.05) is 13.0 Å². The van der Waals surface area contributed by atoms with Crippen LogP contribution in [0.1, 0.15) is 82.0 Å². The smallest absolute Gasteiger partial charge is 0.270 e. The summed E-state index contributed by atoms with van der Waals surface area (Å²) in [6.07, 6.45) is 6.49. The number of rotatable bonds is 0. The van der Waals surface area contributed by atoms with Gasteiger partial charge >= 0.3 is 0 Å². The van der Waals surface area contributed by atoms with Crippen LogP contribution in [0, 0.1) is 23.7 Å². The van der Waals surface area contributed by atoms with Gasteiger partial charge in [-0.1, -0.05) is 21.3 Å². The number of nitrogens with zero attached hydrogens (tertiary/aromatic N) is 2. The van der Waals surface area contributed by atoms with Gasteiger partial charge in [-0.3, -0.25) is 10.4 Å². The number of pyridine rings is 2. The molecule has 1 fully saturated rings. The van der Waals surface area contributed by atoms with Crippen LogP contribution in [0.4, 0.5) is 0 Å².